The maximum atomic E-state index is 14.3. The number of thioether (sulfide) groups is 1. The molecule has 8 nitrogen and oxygen atoms in total. The number of nitrogens with one attached hydrogen (secondary N) is 1. The zero-order valence-electron chi connectivity index (χ0n) is 35.9. The minimum absolute atomic E-state index is 0.0250. The van der Waals surface area contributed by atoms with Crippen LogP contribution < -0.4 is 24.3 Å². The van der Waals surface area contributed by atoms with E-state index >= 15 is 0 Å². The number of fused-ring (bicyclic) bond motifs is 2. The molecule has 6 aromatic rings. The smallest absolute Gasteiger partial charge is 0.286 e. The van der Waals surface area contributed by atoms with Gasteiger partial charge in [-0.3, -0.25) is 4.79 Å². The quantitative estimate of drug-likeness (QED) is 0.0627. The number of pyridine rings is 1. The Labute approximate surface area is 360 Å². The van der Waals surface area contributed by atoms with Crippen molar-refractivity contribution in [2.75, 3.05) is 39.4 Å². The minimum Gasteiger partial charge on any atom is -0.497 e. The molecule has 2 heterocycles. The molecule has 1 amide bonds. The number of ether oxygens (including phenoxy) is 3. The van der Waals surface area contributed by atoms with E-state index in [0.29, 0.717) is 6.61 Å². The van der Waals surface area contributed by atoms with Crippen LogP contribution in [-0.4, -0.2) is 54.7 Å². The number of methoxy groups -OCH3 is 2. The SMILES string of the molecule is COc1ccc(C(OC[C@H](CO[Si](C)(C)C(C)(C)C)NC(=O)C[n+]2ccc(C=C3Sc4ccccc4N3C)c3ccccc32)(c2ccccc2)c2ccc(OC)cc2)cc1. The fourth-order valence-corrected chi connectivity index (χ4v) is 9.49. The molecular formula is C50H56N3O5SSi+. The van der Waals surface area contributed by atoms with E-state index in [0.717, 1.165) is 49.7 Å². The third kappa shape index (κ3) is 9.02. The highest BCUT2D eigenvalue weighted by Crippen LogP contribution is 2.46. The molecule has 0 unspecified atom stereocenters. The van der Waals surface area contributed by atoms with Gasteiger partial charge in [0.1, 0.15) is 17.1 Å². The average Bonchev–Trinajstić information content (AvgIpc) is 3.58. The van der Waals surface area contributed by atoms with Gasteiger partial charge in [-0.05, 0) is 88.9 Å². The predicted octanol–water partition coefficient (Wildman–Crippen LogP) is 10.2. The van der Waals surface area contributed by atoms with E-state index < -0.39 is 20.0 Å². The number of aromatic nitrogens is 1. The van der Waals surface area contributed by atoms with E-state index in [2.05, 4.69) is 112 Å². The summed E-state index contributed by atoms with van der Waals surface area (Å²) in [6.45, 7) is 11.7. The summed E-state index contributed by atoms with van der Waals surface area (Å²) in [5.74, 6) is 1.35. The van der Waals surface area contributed by atoms with Crippen molar-refractivity contribution in [1.82, 2.24) is 5.32 Å². The maximum absolute atomic E-state index is 14.3. The van der Waals surface area contributed by atoms with Crippen molar-refractivity contribution in [2.24, 2.45) is 0 Å². The van der Waals surface area contributed by atoms with Gasteiger partial charge in [-0.15, -0.1) is 0 Å². The topological polar surface area (TPSA) is 73.1 Å². The summed E-state index contributed by atoms with van der Waals surface area (Å²) in [5, 5.41) is 5.55. The zero-order valence-corrected chi connectivity index (χ0v) is 37.7. The first-order valence-corrected chi connectivity index (χ1v) is 24.1. The summed E-state index contributed by atoms with van der Waals surface area (Å²) in [5.41, 5.74) is 4.98. The van der Waals surface area contributed by atoms with Crippen molar-refractivity contribution in [3.05, 3.63) is 167 Å². The molecule has 310 valence electrons. The molecule has 10 heteroatoms. The van der Waals surface area contributed by atoms with E-state index in [1.807, 2.05) is 89.6 Å². The third-order valence-electron chi connectivity index (χ3n) is 11.8. The van der Waals surface area contributed by atoms with Gasteiger partial charge < -0.3 is 28.9 Å². The van der Waals surface area contributed by atoms with Gasteiger partial charge in [0.05, 0.1) is 49.6 Å². The molecule has 0 aliphatic carbocycles. The molecule has 1 atom stereocenters. The molecule has 5 aromatic carbocycles. The van der Waals surface area contributed by atoms with Crippen LogP contribution in [0.15, 0.2) is 150 Å². The Kier molecular flexibility index (Phi) is 12.9. The van der Waals surface area contributed by atoms with Gasteiger partial charge in [-0.2, -0.15) is 4.57 Å². The molecule has 1 N–H and O–H groups in total. The zero-order chi connectivity index (χ0) is 42.5. The van der Waals surface area contributed by atoms with Crippen molar-refractivity contribution in [2.45, 2.75) is 62.0 Å². The highest BCUT2D eigenvalue weighted by Gasteiger charge is 2.41. The lowest BCUT2D eigenvalue weighted by molar-refractivity contribution is -0.658. The van der Waals surface area contributed by atoms with Crippen LogP contribution in [0.25, 0.3) is 17.0 Å². The Morgan fingerprint density at radius 3 is 1.97 bits per heavy atom. The number of carbonyl (C=O) groups excluding carboxylic acids is 1. The summed E-state index contributed by atoms with van der Waals surface area (Å²) in [6, 6.07) is 44.5. The Morgan fingerprint density at radius 2 is 1.35 bits per heavy atom. The third-order valence-corrected chi connectivity index (χ3v) is 17.5. The number of rotatable bonds is 15. The van der Waals surface area contributed by atoms with Crippen molar-refractivity contribution < 1.29 is 28.0 Å². The highest BCUT2D eigenvalue weighted by molar-refractivity contribution is 8.03. The largest absolute Gasteiger partial charge is 0.497 e. The van der Waals surface area contributed by atoms with E-state index in [1.54, 1.807) is 26.0 Å². The monoisotopic (exact) mass is 838 g/mol. The number of anilines is 1. The number of para-hydroxylation sites is 2. The van der Waals surface area contributed by atoms with Gasteiger partial charge >= 0.3 is 0 Å². The summed E-state index contributed by atoms with van der Waals surface area (Å²) < 4.78 is 27.3. The van der Waals surface area contributed by atoms with Crippen molar-refractivity contribution >= 4 is 48.7 Å². The highest BCUT2D eigenvalue weighted by atomic mass is 32.2. The molecule has 1 aliphatic rings. The average molecular weight is 839 g/mol. The normalized spacial score (nSPS) is 14.3. The summed E-state index contributed by atoms with van der Waals surface area (Å²) >= 11 is 1.77. The summed E-state index contributed by atoms with van der Waals surface area (Å²) in [4.78, 5) is 17.8. The van der Waals surface area contributed by atoms with Crippen LogP contribution in [0.1, 0.15) is 43.0 Å². The molecule has 0 bridgehead atoms. The molecule has 0 saturated heterocycles. The Bertz CT molecular complexity index is 2400. The van der Waals surface area contributed by atoms with Gasteiger partial charge in [-0.25, -0.2) is 0 Å². The van der Waals surface area contributed by atoms with Gasteiger partial charge in [0, 0.05) is 24.1 Å². The first-order chi connectivity index (χ1) is 28.8. The Morgan fingerprint density at radius 1 is 0.767 bits per heavy atom. The van der Waals surface area contributed by atoms with Gasteiger partial charge in [-0.1, -0.05) is 111 Å². The van der Waals surface area contributed by atoms with E-state index in [1.165, 1.54) is 10.6 Å². The van der Waals surface area contributed by atoms with Gasteiger partial charge in [0.2, 0.25) is 12.1 Å². The van der Waals surface area contributed by atoms with E-state index in [-0.39, 0.29) is 24.1 Å². The molecule has 0 radical (unpaired) electrons. The maximum Gasteiger partial charge on any atom is 0.286 e. The van der Waals surface area contributed by atoms with Crippen LogP contribution >= 0.6 is 11.8 Å². The number of hydrogen-bond donors (Lipinski definition) is 1. The Hall–Kier alpha value is -5.39. The first kappa shape index (κ1) is 42.7. The van der Waals surface area contributed by atoms with E-state index in [4.69, 9.17) is 18.6 Å². The molecule has 1 aliphatic heterocycles. The number of benzene rings is 5. The standard InChI is InChI=1S/C50H55N3O5SSi/c1-49(2,3)60(7,8)58-35-40(34-57-50(37-16-10-9-11-17-37,38-22-26-41(55-5)27-23-38)39-24-28-42(56-6)29-25-39)51-47(54)33-53-31-30-36(43-18-12-13-19-44(43)53)32-48-52(4)45-20-14-15-21-46(45)59-48/h9-32,40H,33-35H2,1-8H3/p+1/t40-/m1/s1. The van der Waals surface area contributed by atoms with Crippen molar-refractivity contribution in [3.63, 3.8) is 0 Å². The summed E-state index contributed by atoms with van der Waals surface area (Å²) in [6.07, 6.45) is 4.24. The van der Waals surface area contributed by atoms with Crippen molar-refractivity contribution in [1.29, 1.82) is 0 Å². The molecule has 7 rings (SSSR count). The second kappa shape index (κ2) is 18.1. The fourth-order valence-electron chi connectivity index (χ4n) is 7.34. The number of nitrogens with zero attached hydrogens (tertiary/aromatic N) is 2. The summed E-state index contributed by atoms with van der Waals surface area (Å²) in [7, 11) is 3.21. The predicted molar refractivity (Wildman–Crippen MR) is 246 cm³/mol. The van der Waals surface area contributed by atoms with Crippen LogP contribution in [0.5, 0.6) is 11.5 Å². The molecule has 0 spiro atoms. The lowest BCUT2D eigenvalue weighted by Crippen LogP contribution is -2.52. The second-order valence-electron chi connectivity index (χ2n) is 16.7. The minimum atomic E-state index is -2.21. The first-order valence-electron chi connectivity index (χ1n) is 20.4. The number of carbonyl (C=O) groups is 1. The number of amides is 1. The lowest BCUT2D eigenvalue weighted by atomic mass is 9.80. The van der Waals surface area contributed by atoms with Crippen LogP contribution in [0, 0.1) is 0 Å². The van der Waals surface area contributed by atoms with Crippen LogP contribution in [0.3, 0.4) is 0 Å². The van der Waals surface area contributed by atoms with Crippen LogP contribution in [0.2, 0.25) is 18.1 Å². The Balaban J connectivity index is 1.21. The van der Waals surface area contributed by atoms with Gasteiger partial charge in [0.25, 0.3) is 5.91 Å². The van der Waals surface area contributed by atoms with Crippen LogP contribution in [0.4, 0.5) is 5.69 Å². The molecule has 60 heavy (non-hydrogen) atoms. The van der Waals surface area contributed by atoms with Crippen LogP contribution in [-0.2, 0) is 26.1 Å². The molecule has 0 saturated carbocycles. The molecular weight excluding hydrogens is 783 g/mol. The molecule has 1 aromatic heterocycles. The number of hydrogen-bond acceptors (Lipinski definition) is 7. The van der Waals surface area contributed by atoms with Gasteiger partial charge in [0.15, 0.2) is 14.5 Å². The molecule has 0 fully saturated rings. The fraction of sp³-hybridized carbons (Fsp3) is 0.280. The van der Waals surface area contributed by atoms with E-state index in [9.17, 15) is 4.79 Å². The second-order valence-corrected chi connectivity index (χ2v) is 22.6. The lowest BCUT2D eigenvalue weighted by Gasteiger charge is -2.39. The van der Waals surface area contributed by atoms with Crippen molar-refractivity contribution in [3.8, 4) is 11.5 Å².